The summed E-state index contributed by atoms with van der Waals surface area (Å²) in [6.07, 6.45) is -5.08. The Kier molecular flexibility index (Phi) is 8.59. The molecule has 0 radical (unpaired) electrons. The second kappa shape index (κ2) is 9.80. The Morgan fingerprint density at radius 3 is 1.76 bits per heavy atom. The number of halogens is 13. The Morgan fingerprint density at radius 1 is 0.735 bits per heavy atom. The van der Waals surface area contributed by atoms with Crippen molar-refractivity contribution in [1.82, 2.24) is 0 Å². The summed E-state index contributed by atoms with van der Waals surface area (Å²) >= 11 is 0. The van der Waals surface area contributed by atoms with Crippen molar-refractivity contribution in [3.05, 3.63) is 29.8 Å². The normalized spacial score (nSPS) is 14.3. The summed E-state index contributed by atoms with van der Waals surface area (Å²) < 4.78 is 173. The fourth-order valence-electron chi connectivity index (χ4n) is 2.68. The molecule has 0 fully saturated rings. The molecule has 1 aromatic rings. The monoisotopic (exact) mass is 523 g/mol. The molecule has 0 spiro atoms. The predicted octanol–water partition coefficient (Wildman–Crippen LogP) is 7.79. The molecule has 0 aliphatic rings. The summed E-state index contributed by atoms with van der Waals surface area (Å²) in [6, 6.07) is 1.35. The zero-order valence-electron chi connectivity index (χ0n) is 17.2. The van der Waals surface area contributed by atoms with Gasteiger partial charge in [-0.15, -0.1) is 0 Å². The maximum absolute atomic E-state index is 14.2. The van der Waals surface area contributed by atoms with E-state index in [-0.39, 0.29) is 18.6 Å². The van der Waals surface area contributed by atoms with Crippen molar-refractivity contribution in [3.8, 4) is 0 Å². The van der Waals surface area contributed by atoms with E-state index in [9.17, 15) is 61.9 Å². The second-order valence-corrected chi connectivity index (χ2v) is 7.31. The molecule has 1 rings (SSSR count). The third kappa shape index (κ3) is 5.21. The number of rotatable bonds is 11. The standard InChI is InChI=1S/C19H18F13NO/c1-2-3-4-5-9-13(34)33-12-8-6-7-11(10-12)14(20,21)15(22,23)16(24,25)17(26,27)18(28,29)19(30,31)32/h6-8,10H,2-5,9H2,1H3,(H,33,34). The predicted molar refractivity (Wildman–Crippen MR) is 93.6 cm³/mol. The lowest BCUT2D eigenvalue weighted by Crippen LogP contribution is -2.69. The summed E-state index contributed by atoms with van der Waals surface area (Å²) in [5.41, 5.74) is -2.81. The molecule has 34 heavy (non-hydrogen) atoms. The molecule has 0 atom stereocenters. The molecule has 0 saturated carbocycles. The van der Waals surface area contributed by atoms with Crippen LogP contribution in [0.4, 0.5) is 62.8 Å². The maximum Gasteiger partial charge on any atom is 0.460 e. The van der Waals surface area contributed by atoms with Gasteiger partial charge >= 0.3 is 35.8 Å². The molecule has 0 bridgehead atoms. The average Bonchev–Trinajstić information content (AvgIpc) is 2.70. The fraction of sp³-hybridized carbons (Fsp3) is 0.632. The highest BCUT2D eigenvalue weighted by Crippen LogP contribution is 2.62. The SMILES string of the molecule is CCCCCCC(=O)Nc1cccc(C(F)(F)C(F)(F)C(F)(F)C(F)(F)C(F)(F)C(F)(F)F)c1. The molecule has 0 saturated heterocycles. The molecule has 1 aromatic carbocycles. The summed E-state index contributed by atoms with van der Waals surface area (Å²) in [5, 5.41) is 1.97. The van der Waals surface area contributed by atoms with Gasteiger partial charge in [-0.05, 0) is 18.6 Å². The van der Waals surface area contributed by atoms with E-state index in [1.165, 1.54) is 0 Å². The minimum absolute atomic E-state index is 0.0148. The molecular weight excluding hydrogens is 505 g/mol. The second-order valence-electron chi connectivity index (χ2n) is 7.31. The first-order valence-electron chi connectivity index (χ1n) is 9.54. The van der Waals surface area contributed by atoms with Crippen molar-refractivity contribution in [2.45, 2.75) is 74.8 Å². The van der Waals surface area contributed by atoms with Crippen LogP contribution in [0.3, 0.4) is 0 Å². The maximum atomic E-state index is 14.2. The number of unbranched alkanes of at least 4 members (excludes halogenated alkanes) is 3. The lowest BCUT2D eigenvalue weighted by molar-refractivity contribution is -0.441. The molecule has 0 unspecified atom stereocenters. The summed E-state index contributed by atoms with van der Waals surface area (Å²) in [5.74, 6) is -38.2. The lowest BCUT2D eigenvalue weighted by atomic mass is 9.90. The zero-order valence-corrected chi connectivity index (χ0v) is 17.2. The van der Waals surface area contributed by atoms with E-state index < -0.39 is 52.9 Å². The molecule has 0 aliphatic heterocycles. The number of carbonyl (C=O) groups is 1. The van der Waals surface area contributed by atoms with E-state index >= 15 is 0 Å². The van der Waals surface area contributed by atoms with Crippen LogP contribution in [0.25, 0.3) is 0 Å². The summed E-state index contributed by atoms with van der Waals surface area (Å²) in [4.78, 5) is 11.8. The highest BCUT2D eigenvalue weighted by Gasteiger charge is 2.90. The highest BCUT2D eigenvalue weighted by molar-refractivity contribution is 5.90. The molecule has 2 nitrogen and oxygen atoms in total. The van der Waals surface area contributed by atoms with E-state index in [2.05, 4.69) is 0 Å². The van der Waals surface area contributed by atoms with E-state index in [1.54, 1.807) is 0 Å². The first-order valence-corrected chi connectivity index (χ1v) is 9.54. The Morgan fingerprint density at radius 2 is 1.26 bits per heavy atom. The number of nitrogens with one attached hydrogen (secondary N) is 1. The van der Waals surface area contributed by atoms with Gasteiger partial charge in [0, 0.05) is 17.7 Å². The third-order valence-corrected chi connectivity index (χ3v) is 4.70. The van der Waals surface area contributed by atoms with Crippen LogP contribution in [0.1, 0.15) is 44.6 Å². The Labute approximate surface area is 184 Å². The first-order chi connectivity index (χ1) is 15.2. The number of hydrogen-bond donors (Lipinski definition) is 1. The van der Waals surface area contributed by atoms with Crippen LogP contribution < -0.4 is 5.32 Å². The van der Waals surface area contributed by atoms with E-state index in [0.29, 0.717) is 18.9 Å². The molecule has 0 aromatic heterocycles. The van der Waals surface area contributed by atoms with Crippen molar-refractivity contribution >= 4 is 11.6 Å². The number of hydrogen-bond acceptors (Lipinski definition) is 1. The smallest absolute Gasteiger partial charge is 0.326 e. The molecule has 0 heterocycles. The minimum atomic E-state index is -7.96. The third-order valence-electron chi connectivity index (χ3n) is 4.70. The lowest BCUT2D eigenvalue weighted by Gasteiger charge is -2.39. The topological polar surface area (TPSA) is 29.1 Å². The van der Waals surface area contributed by atoms with Gasteiger partial charge in [0.2, 0.25) is 5.91 Å². The number of amides is 1. The Hall–Kier alpha value is -2.22. The van der Waals surface area contributed by atoms with Crippen LogP contribution in [0.5, 0.6) is 0 Å². The number of carbonyl (C=O) groups excluding carboxylic acids is 1. The van der Waals surface area contributed by atoms with Gasteiger partial charge in [0.15, 0.2) is 0 Å². The van der Waals surface area contributed by atoms with Gasteiger partial charge in [-0.3, -0.25) is 4.79 Å². The van der Waals surface area contributed by atoms with Crippen LogP contribution in [-0.4, -0.2) is 35.8 Å². The fourth-order valence-corrected chi connectivity index (χ4v) is 2.68. The summed E-state index contributed by atoms with van der Waals surface area (Å²) in [6.45, 7) is 1.87. The average molecular weight is 523 g/mol. The van der Waals surface area contributed by atoms with Crippen LogP contribution in [0.2, 0.25) is 0 Å². The van der Waals surface area contributed by atoms with Crippen molar-refractivity contribution in [2.24, 2.45) is 0 Å². The van der Waals surface area contributed by atoms with Crippen LogP contribution in [0, 0.1) is 0 Å². The van der Waals surface area contributed by atoms with Crippen molar-refractivity contribution < 1.29 is 61.9 Å². The van der Waals surface area contributed by atoms with Gasteiger partial charge in [0.05, 0.1) is 0 Å². The van der Waals surface area contributed by atoms with Crippen LogP contribution in [-0.2, 0) is 10.7 Å². The number of alkyl halides is 13. The van der Waals surface area contributed by atoms with Gasteiger partial charge in [-0.25, -0.2) is 0 Å². The Balaban J connectivity index is 3.30. The van der Waals surface area contributed by atoms with Crippen LogP contribution in [0.15, 0.2) is 24.3 Å². The molecule has 1 N–H and O–H groups in total. The zero-order chi connectivity index (χ0) is 26.8. The van der Waals surface area contributed by atoms with Crippen molar-refractivity contribution in [3.63, 3.8) is 0 Å². The van der Waals surface area contributed by atoms with Crippen LogP contribution >= 0.6 is 0 Å². The highest BCUT2D eigenvalue weighted by atomic mass is 19.4. The molecule has 0 aliphatic carbocycles. The van der Waals surface area contributed by atoms with E-state index in [1.807, 2.05) is 12.2 Å². The molecular formula is C19H18F13NO. The molecule has 15 heteroatoms. The van der Waals surface area contributed by atoms with Gasteiger partial charge < -0.3 is 5.32 Å². The largest absolute Gasteiger partial charge is 0.460 e. The quantitative estimate of drug-likeness (QED) is 0.233. The van der Waals surface area contributed by atoms with Gasteiger partial charge in [0.1, 0.15) is 0 Å². The van der Waals surface area contributed by atoms with Gasteiger partial charge in [-0.2, -0.15) is 57.1 Å². The minimum Gasteiger partial charge on any atom is -0.326 e. The Bertz CT molecular complexity index is 849. The van der Waals surface area contributed by atoms with Gasteiger partial charge in [0.25, 0.3) is 0 Å². The van der Waals surface area contributed by atoms with E-state index in [4.69, 9.17) is 0 Å². The molecule has 1 amide bonds. The summed E-state index contributed by atoms with van der Waals surface area (Å²) in [7, 11) is 0. The number of benzene rings is 1. The van der Waals surface area contributed by atoms with Crippen molar-refractivity contribution in [1.29, 1.82) is 0 Å². The van der Waals surface area contributed by atoms with E-state index in [0.717, 1.165) is 18.9 Å². The molecule has 196 valence electrons. The van der Waals surface area contributed by atoms with Crippen molar-refractivity contribution in [2.75, 3.05) is 5.32 Å². The first kappa shape index (κ1) is 29.8. The number of anilines is 1. The van der Waals surface area contributed by atoms with Gasteiger partial charge in [-0.1, -0.05) is 38.3 Å².